The van der Waals surface area contributed by atoms with E-state index in [0.717, 1.165) is 0 Å². The molecule has 1 aromatic carbocycles. The van der Waals surface area contributed by atoms with E-state index >= 15 is 0 Å². The van der Waals surface area contributed by atoms with Crippen molar-refractivity contribution in [1.82, 2.24) is 4.90 Å². The zero-order chi connectivity index (χ0) is 12.8. The van der Waals surface area contributed by atoms with Crippen molar-refractivity contribution in [2.45, 2.75) is 0 Å². The number of nitrogens with zero attached hydrogens (tertiary/aromatic N) is 1. The molecule has 0 saturated carbocycles. The Balaban J connectivity index is 2.92. The van der Waals surface area contributed by atoms with Crippen LogP contribution < -0.4 is 0 Å². The van der Waals surface area contributed by atoms with E-state index in [1.807, 2.05) is 0 Å². The summed E-state index contributed by atoms with van der Waals surface area (Å²) in [6.45, 7) is 0.883. The normalized spacial score (nSPS) is 10.4. The third-order valence-electron chi connectivity index (χ3n) is 2.11. The largest absolute Gasteiger partial charge is 0.336 e. The summed E-state index contributed by atoms with van der Waals surface area (Å²) < 4.78 is 0. The number of benzene rings is 1. The van der Waals surface area contributed by atoms with Gasteiger partial charge in [-0.2, -0.15) is 0 Å². The van der Waals surface area contributed by atoms with Crippen molar-refractivity contribution in [1.29, 1.82) is 0 Å². The molecule has 0 aromatic heterocycles. The summed E-state index contributed by atoms with van der Waals surface area (Å²) >= 11 is 23.0. The maximum Gasteiger partial charge on any atom is 0.254 e. The fourth-order valence-electron chi connectivity index (χ4n) is 1.38. The minimum atomic E-state index is -0.171. The van der Waals surface area contributed by atoms with Gasteiger partial charge in [0.2, 0.25) is 0 Å². The number of rotatable bonds is 5. The highest BCUT2D eigenvalue weighted by Gasteiger charge is 2.15. The van der Waals surface area contributed by atoms with Gasteiger partial charge in [0.25, 0.3) is 5.91 Å². The van der Waals surface area contributed by atoms with Crippen LogP contribution in [0.2, 0.25) is 10.0 Å². The molecule has 0 aliphatic carbocycles. The summed E-state index contributed by atoms with van der Waals surface area (Å²) in [5, 5.41) is 0.857. The maximum atomic E-state index is 12.1. The molecule has 0 N–H and O–H groups in total. The first-order valence-corrected chi connectivity index (χ1v) is 6.78. The van der Waals surface area contributed by atoms with Crippen molar-refractivity contribution >= 4 is 52.3 Å². The molecule has 0 unspecified atom stereocenters. The van der Waals surface area contributed by atoms with Gasteiger partial charge in [0, 0.05) is 40.5 Å². The molecule has 1 aromatic rings. The number of carbonyl (C=O) groups is 1. The van der Waals surface area contributed by atoms with Crippen molar-refractivity contribution < 1.29 is 4.79 Å². The molecule has 1 amide bonds. The lowest BCUT2D eigenvalue weighted by Crippen LogP contribution is -2.34. The van der Waals surface area contributed by atoms with E-state index in [9.17, 15) is 4.79 Å². The van der Waals surface area contributed by atoms with E-state index in [-0.39, 0.29) is 5.91 Å². The lowest BCUT2D eigenvalue weighted by molar-refractivity contribution is 0.0775. The van der Waals surface area contributed by atoms with Crippen LogP contribution in [0.1, 0.15) is 10.4 Å². The van der Waals surface area contributed by atoms with Gasteiger partial charge in [0.05, 0.1) is 0 Å². The van der Waals surface area contributed by atoms with E-state index in [2.05, 4.69) is 0 Å². The van der Waals surface area contributed by atoms with Crippen molar-refractivity contribution in [2.75, 3.05) is 24.8 Å². The number of amides is 1. The zero-order valence-corrected chi connectivity index (χ0v) is 12.0. The third-order valence-corrected chi connectivity index (χ3v) is 2.88. The second-order valence-corrected chi connectivity index (χ2v) is 4.96. The highest BCUT2D eigenvalue weighted by Crippen LogP contribution is 2.20. The predicted molar refractivity (Wildman–Crippen MR) is 73.8 cm³/mol. The Hall–Kier alpha value is -0.150. The van der Waals surface area contributed by atoms with Gasteiger partial charge in [0.15, 0.2) is 0 Å². The third kappa shape index (κ3) is 4.55. The average molecular weight is 315 g/mol. The topological polar surface area (TPSA) is 20.3 Å². The first-order valence-electron chi connectivity index (χ1n) is 4.95. The summed E-state index contributed by atoms with van der Waals surface area (Å²) in [5.41, 5.74) is 0.442. The number of carbonyl (C=O) groups excluding carboxylic acids is 1. The highest BCUT2D eigenvalue weighted by molar-refractivity contribution is 6.35. The summed E-state index contributed by atoms with van der Waals surface area (Å²) in [4.78, 5) is 13.7. The van der Waals surface area contributed by atoms with Crippen LogP contribution in [0, 0.1) is 0 Å². The summed E-state index contributed by atoms with van der Waals surface area (Å²) in [5.74, 6) is 0.545. The smallest absolute Gasteiger partial charge is 0.254 e. The van der Waals surface area contributed by atoms with Gasteiger partial charge in [-0.05, 0) is 18.2 Å². The molecule has 1 rings (SSSR count). The summed E-state index contributed by atoms with van der Waals surface area (Å²) in [7, 11) is 0. The fourth-order valence-corrected chi connectivity index (χ4v) is 2.31. The van der Waals surface area contributed by atoms with E-state index in [1.165, 1.54) is 0 Å². The van der Waals surface area contributed by atoms with Crippen LogP contribution in [0.4, 0.5) is 0 Å². The number of hydrogen-bond acceptors (Lipinski definition) is 1. The highest BCUT2D eigenvalue weighted by atomic mass is 35.5. The average Bonchev–Trinajstić information content (AvgIpc) is 2.26. The van der Waals surface area contributed by atoms with Crippen LogP contribution in [-0.4, -0.2) is 35.7 Å². The predicted octanol–water partition coefficient (Wildman–Crippen LogP) is 3.91. The Labute approximate surface area is 120 Å². The van der Waals surface area contributed by atoms with Crippen LogP contribution in [0.25, 0.3) is 0 Å². The van der Waals surface area contributed by atoms with E-state index < -0.39 is 0 Å². The monoisotopic (exact) mass is 313 g/mol. The molecule has 0 spiro atoms. The van der Waals surface area contributed by atoms with Crippen LogP contribution in [0.5, 0.6) is 0 Å². The molecule has 0 saturated heterocycles. The van der Waals surface area contributed by atoms with Gasteiger partial charge in [-0.3, -0.25) is 4.79 Å². The van der Waals surface area contributed by atoms with Crippen LogP contribution in [-0.2, 0) is 0 Å². The Morgan fingerprint density at radius 1 is 1.00 bits per heavy atom. The molecule has 0 radical (unpaired) electrons. The molecule has 0 aliphatic heterocycles. The molecule has 0 atom stereocenters. The molecule has 6 heteroatoms. The Bertz CT molecular complexity index is 371. The van der Waals surface area contributed by atoms with Crippen molar-refractivity contribution in [3.05, 3.63) is 33.8 Å². The second kappa shape index (κ2) is 7.32. The van der Waals surface area contributed by atoms with Gasteiger partial charge < -0.3 is 4.90 Å². The molecular formula is C11H11Cl4NO. The first kappa shape index (κ1) is 14.9. The lowest BCUT2D eigenvalue weighted by Gasteiger charge is -2.20. The van der Waals surface area contributed by atoms with Crippen molar-refractivity contribution in [2.24, 2.45) is 0 Å². The van der Waals surface area contributed by atoms with E-state index in [0.29, 0.717) is 40.5 Å². The maximum absolute atomic E-state index is 12.1. The molecule has 0 fully saturated rings. The van der Waals surface area contributed by atoms with Crippen LogP contribution in [0.3, 0.4) is 0 Å². The van der Waals surface area contributed by atoms with Crippen LogP contribution >= 0.6 is 46.4 Å². The van der Waals surface area contributed by atoms with Crippen molar-refractivity contribution in [3.63, 3.8) is 0 Å². The summed E-state index contributed by atoms with van der Waals surface area (Å²) in [6.07, 6.45) is 0. The molecule has 0 aliphatic rings. The van der Waals surface area contributed by atoms with E-state index in [4.69, 9.17) is 46.4 Å². The number of hydrogen-bond donors (Lipinski definition) is 0. The first-order chi connectivity index (χ1) is 8.08. The van der Waals surface area contributed by atoms with Gasteiger partial charge in [-0.25, -0.2) is 0 Å². The van der Waals surface area contributed by atoms with Crippen LogP contribution in [0.15, 0.2) is 18.2 Å². The minimum Gasteiger partial charge on any atom is -0.336 e. The molecule has 94 valence electrons. The number of halogens is 4. The lowest BCUT2D eigenvalue weighted by atomic mass is 10.2. The molecule has 17 heavy (non-hydrogen) atoms. The fraction of sp³-hybridized carbons (Fsp3) is 0.364. The minimum absolute atomic E-state index is 0.171. The van der Waals surface area contributed by atoms with Gasteiger partial charge >= 0.3 is 0 Å². The Morgan fingerprint density at radius 2 is 1.47 bits per heavy atom. The molecular weight excluding hydrogens is 304 g/mol. The number of alkyl halides is 2. The summed E-state index contributed by atoms with van der Waals surface area (Å²) in [6, 6.07) is 4.73. The van der Waals surface area contributed by atoms with Gasteiger partial charge in [-0.1, -0.05) is 23.2 Å². The zero-order valence-electron chi connectivity index (χ0n) is 8.93. The van der Waals surface area contributed by atoms with Gasteiger partial charge in [0.1, 0.15) is 0 Å². The van der Waals surface area contributed by atoms with Crippen molar-refractivity contribution in [3.8, 4) is 0 Å². The van der Waals surface area contributed by atoms with E-state index in [1.54, 1.807) is 23.1 Å². The Morgan fingerprint density at radius 3 is 1.88 bits per heavy atom. The SMILES string of the molecule is O=C(c1cc(Cl)cc(Cl)c1)N(CCCl)CCCl. The quantitative estimate of drug-likeness (QED) is 0.754. The molecule has 0 heterocycles. The van der Waals surface area contributed by atoms with Gasteiger partial charge in [-0.15, -0.1) is 23.2 Å². The molecule has 2 nitrogen and oxygen atoms in total. The second-order valence-electron chi connectivity index (χ2n) is 3.33. The standard InChI is InChI=1S/C11H11Cl4NO/c12-1-3-16(4-2-13)11(17)8-5-9(14)7-10(15)6-8/h5-7H,1-4H2. The Kier molecular flexibility index (Phi) is 6.42. The molecule has 0 bridgehead atoms.